The third-order valence-corrected chi connectivity index (χ3v) is 8.14. The maximum Gasteiger partial charge on any atom is 0.264 e. The first-order valence-electron chi connectivity index (χ1n) is 13.4. The Labute approximate surface area is 240 Å². The van der Waals surface area contributed by atoms with E-state index in [1.54, 1.807) is 6.07 Å². The molecule has 0 aromatic heterocycles. The molecule has 4 rings (SSSR count). The van der Waals surface area contributed by atoms with Crippen LogP contribution in [-0.2, 0) is 39.1 Å². The summed E-state index contributed by atoms with van der Waals surface area (Å²) in [6.45, 7) is 2.51. The molecule has 212 valence electrons. The van der Waals surface area contributed by atoms with Crippen LogP contribution in [0.4, 0.5) is 0 Å². The summed E-state index contributed by atoms with van der Waals surface area (Å²) in [6.07, 6.45) is 3.05. The zero-order valence-corrected chi connectivity index (χ0v) is 23.8. The molecule has 0 bridgehead atoms. The Kier molecular flexibility index (Phi) is 10.6. The van der Waals surface area contributed by atoms with E-state index < -0.39 is 15.9 Å². The number of amides is 2. The number of nitrogens with zero attached hydrogens (tertiary/aromatic N) is 1. The van der Waals surface area contributed by atoms with Crippen molar-refractivity contribution in [2.75, 3.05) is 19.7 Å². The summed E-state index contributed by atoms with van der Waals surface area (Å²) in [4.78, 5) is 27.3. The highest BCUT2D eigenvalue weighted by Crippen LogP contribution is 2.25. The van der Waals surface area contributed by atoms with Crippen LogP contribution in [0, 0.1) is 0 Å². The van der Waals surface area contributed by atoms with Crippen molar-refractivity contribution in [3.63, 3.8) is 0 Å². The van der Waals surface area contributed by atoms with Crippen molar-refractivity contribution in [2.45, 2.75) is 50.1 Å². The Hall–Kier alpha value is -3.40. The van der Waals surface area contributed by atoms with Gasteiger partial charge in [0.15, 0.2) is 0 Å². The van der Waals surface area contributed by atoms with E-state index in [0.29, 0.717) is 32.7 Å². The average molecular weight is 584 g/mol. The normalized spacial score (nSPS) is 15.4. The lowest BCUT2D eigenvalue weighted by Gasteiger charge is -2.24. The van der Waals surface area contributed by atoms with E-state index in [0.717, 1.165) is 41.7 Å². The highest BCUT2D eigenvalue weighted by molar-refractivity contribution is 7.90. The van der Waals surface area contributed by atoms with Crippen LogP contribution in [0.2, 0.25) is 5.02 Å². The number of rotatable bonds is 7. The minimum absolute atomic E-state index is 0.0183. The molecule has 1 aliphatic rings. The Morgan fingerprint density at radius 2 is 1.77 bits per heavy atom. The predicted octanol–water partition coefficient (Wildman–Crippen LogP) is 4.46. The summed E-state index contributed by atoms with van der Waals surface area (Å²) in [7, 11) is -4.02. The van der Waals surface area contributed by atoms with Gasteiger partial charge in [-0.25, -0.2) is 13.1 Å². The minimum Gasteiger partial charge on any atom is -0.493 e. The zero-order chi connectivity index (χ0) is 28.4. The van der Waals surface area contributed by atoms with E-state index in [-0.39, 0.29) is 28.8 Å². The monoisotopic (exact) mass is 583 g/mol. The number of carbonyl (C=O) groups is 2. The molecule has 2 amide bonds. The number of carbonyl (C=O) groups excluding carboxylic acids is 2. The van der Waals surface area contributed by atoms with Crippen LogP contribution >= 0.6 is 11.6 Å². The Morgan fingerprint density at radius 1 is 0.950 bits per heavy atom. The van der Waals surface area contributed by atoms with Crippen molar-refractivity contribution in [1.29, 1.82) is 0 Å². The van der Waals surface area contributed by atoms with Gasteiger partial charge in [-0.05, 0) is 61.1 Å². The lowest BCUT2D eigenvalue weighted by molar-refractivity contribution is -0.122. The van der Waals surface area contributed by atoms with E-state index in [1.165, 1.54) is 18.2 Å². The number of aryl methyl sites for hydroxylation is 1. The van der Waals surface area contributed by atoms with Crippen molar-refractivity contribution < 1.29 is 22.7 Å². The molecule has 0 saturated carbocycles. The molecule has 40 heavy (non-hydrogen) atoms. The number of halogens is 1. The topological polar surface area (TPSA) is 105 Å². The summed E-state index contributed by atoms with van der Waals surface area (Å²) in [5.74, 6) is 0.114. The first-order valence-corrected chi connectivity index (χ1v) is 15.2. The van der Waals surface area contributed by atoms with E-state index in [2.05, 4.69) is 14.9 Å². The van der Waals surface area contributed by atoms with Crippen LogP contribution in [0.25, 0.3) is 0 Å². The summed E-state index contributed by atoms with van der Waals surface area (Å²) in [5, 5.41) is 3.28. The van der Waals surface area contributed by atoms with Crippen LogP contribution in [-0.4, -0.2) is 44.8 Å². The lowest BCUT2D eigenvalue weighted by Crippen LogP contribution is -2.37. The second-order valence-corrected chi connectivity index (χ2v) is 11.9. The van der Waals surface area contributed by atoms with Gasteiger partial charge in [0.05, 0.1) is 18.0 Å². The Balaban J connectivity index is 1.49. The molecule has 1 heterocycles. The largest absolute Gasteiger partial charge is 0.493 e. The van der Waals surface area contributed by atoms with Gasteiger partial charge in [0.2, 0.25) is 11.8 Å². The summed E-state index contributed by atoms with van der Waals surface area (Å²) >= 11 is 5.90. The maximum absolute atomic E-state index is 12.7. The van der Waals surface area contributed by atoms with E-state index >= 15 is 0 Å². The minimum atomic E-state index is -4.02. The van der Waals surface area contributed by atoms with Crippen LogP contribution in [0.15, 0.2) is 77.7 Å². The Morgan fingerprint density at radius 3 is 2.58 bits per heavy atom. The summed E-state index contributed by atoms with van der Waals surface area (Å²) < 4.78 is 33.4. The summed E-state index contributed by atoms with van der Waals surface area (Å²) in [5.41, 5.74) is 2.87. The van der Waals surface area contributed by atoms with Crippen LogP contribution in [0.1, 0.15) is 42.4 Å². The molecular formula is C30H34ClN3O5S. The third kappa shape index (κ3) is 9.08. The maximum atomic E-state index is 12.7. The fourth-order valence-corrected chi connectivity index (χ4v) is 5.84. The van der Waals surface area contributed by atoms with Crippen LogP contribution in [0.3, 0.4) is 0 Å². The van der Waals surface area contributed by atoms with Crippen LogP contribution in [0.5, 0.6) is 5.75 Å². The van der Waals surface area contributed by atoms with E-state index in [1.807, 2.05) is 48.5 Å². The number of hydrogen-bond acceptors (Lipinski definition) is 6. The molecule has 3 aromatic rings. The highest BCUT2D eigenvalue weighted by atomic mass is 35.5. The number of hydrogen-bond donors (Lipinski definition) is 2. The molecule has 0 aliphatic carbocycles. The highest BCUT2D eigenvalue weighted by Gasteiger charge is 2.19. The third-order valence-electron chi connectivity index (χ3n) is 6.53. The number of nitrogens with one attached hydrogen (secondary N) is 2. The van der Waals surface area contributed by atoms with Gasteiger partial charge in [-0.1, -0.05) is 60.1 Å². The van der Waals surface area contributed by atoms with Crippen molar-refractivity contribution in [1.82, 2.24) is 14.9 Å². The number of sulfonamides is 1. The van der Waals surface area contributed by atoms with Gasteiger partial charge in [0.25, 0.3) is 10.0 Å². The van der Waals surface area contributed by atoms with Crippen molar-refractivity contribution in [3.8, 4) is 5.75 Å². The van der Waals surface area contributed by atoms with Gasteiger partial charge in [0, 0.05) is 36.6 Å². The molecule has 0 spiro atoms. The summed E-state index contributed by atoms with van der Waals surface area (Å²) in [6, 6.07) is 21.5. The van der Waals surface area contributed by atoms with E-state index in [4.69, 9.17) is 16.3 Å². The molecule has 0 unspecified atom stereocenters. The van der Waals surface area contributed by atoms with Crippen molar-refractivity contribution in [3.05, 3.63) is 94.5 Å². The number of benzene rings is 3. The lowest BCUT2D eigenvalue weighted by atomic mass is 10.0. The zero-order valence-electron chi connectivity index (χ0n) is 22.3. The molecule has 0 atom stereocenters. The molecule has 0 fully saturated rings. The second-order valence-electron chi connectivity index (χ2n) is 9.82. The van der Waals surface area contributed by atoms with Gasteiger partial charge >= 0.3 is 0 Å². The second kappa shape index (κ2) is 14.3. The first kappa shape index (κ1) is 29.6. The van der Waals surface area contributed by atoms with E-state index in [9.17, 15) is 18.0 Å². The van der Waals surface area contributed by atoms with Gasteiger partial charge < -0.3 is 10.1 Å². The molecule has 1 aliphatic heterocycles. The molecule has 2 N–H and O–H groups in total. The fraction of sp³-hybridized carbons (Fsp3) is 0.333. The number of ether oxygens (including phenoxy) is 1. The smallest absolute Gasteiger partial charge is 0.264 e. The SMILES string of the molecule is O=C1CN(Cc2ccccc2)Cc2cc(CCC(=O)NS(=O)(=O)c3cccc(Cl)c3)ccc2OCCCCCN1. The average Bonchev–Trinajstić information content (AvgIpc) is 2.93. The molecule has 0 saturated heterocycles. The quantitative estimate of drug-likeness (QED) is 0.426. The van der Waals surface area contributed by atoms with Gasteiger partial charge in [-0.15, -0.1) is 0 Å². The van der Waals surface area contributed by atoms with Gasteiger partial charge in [-0.2, -0.15) is 0 Å². The van der Waals surface area contributed by atoms with Crippen LogP contribution < -0.4 is 14.8 Å². The van der Waals surface area contributed by atoms with Gasteiger partial charge in [-0.3, -0.25) is 14.5 Å². The van der Waals surface area contributed by atoms with Crippen molar-refractivity contribution in [2.24, 2.45) is 0 Å². The standard InChI is InChI=1S/C30H34ClN3O5S/c31-26-10-7-11-27(19-26)40(37,38)33-29(35)15-13-23-12-14-28-25(18-23)21-34(20-24-8-3-1-4-9-24)22-30(36)32-16-5-2-6-17-39-28/h1,3-4,7-12,14,18-19H,2,5-6,13,15-17,20-22H2,(H,32,36)(H,33,35). The molecule has 10 heteroatoms. The fourth-order valence-electron chi connectivity index (χ4n) is 4.53. The molecular weight excluding hydrogens is 550 g/mol. The van der Waals surface area contributed by atoms with Gasteiger partial charge in [0.1, 0.15) is 5.75 Å². The molecule has 8 nitrogen and oxygen atoms in total. The Bertz CT molecular complexity index is 1420. The first-order chi connectivity index (χ1) is 19.3. The predicted molar refractivity (Wildman–Crippen MR) is 154 cm³/mol. The number of fused-ring (bicyclic) bond motifs is 1. The van der Waals surface area contributed by atoms with Crippen molar-refractivity contribution >= 4 is 33.4 Å². The molecule has 3 aromatic carbocycles. The molecule has 0 radical (unpaired) electrons.